The lowest BCUT2D eigenvalue weighted by molar-refractivity contribution is -0.141. The van der Waals surface area contributed by atoms with E-state index < -0.39 is 35.8 Å². The number of amides is 2. The lowest BCUT2D eigenvalue weighted by atomic mass is 9.96. The van der Waals surface area contributed by atoms with Crippen molar-refractivity contribution in [2.45, 2.75) is 45.1 Å². The van der Waals surface area contributed by atoms with Crippen LogP contribution in [0.5, 0.6) is 11.5 Å². The van der Waals surface area contributed by atoms with Gasteiger partial charge < -0.3 is 14.2 Å². The molecule has 1 saturated heterocycles. The van der Waals surface area contributed by atoms with E-state index in [9.17, 15) is 31.9 Å². The minimum Gasteiger partial charge on any atom is -0.456 e. The van der Waals surface area contributed by atoms with Gasteiger partial charge in [0.2, 0.25) is 5.91 Å². The van der Waals surface area contributed by atoms with Crippen LogP contribution in [0, 0.1) is 5.82 Å². The Morgan fingerprint density at radius 3 is 2.31 bits per heavy atom. The molecule has 0 bridgehead atoms. The molecular weight excluding hydrogens is 560 g/mol. The van der Waals surface area contributed by atoms with Crippen LogP contribution in [0.15, 0.2) is 59.8 Å². The van der Waals surface area contributed by atoms with Crippen LogP contribution in [0.1, 0.15) is 31.3 Å². The zero-order valence-electron chi connectivity index (χ0n) is 23.4. The summed E-state index contributed by atoms with van der Waals surface area (Å²) in [4.78, 5) is 51.3. The summed E-state index contributed by atoms with van der Waals surface area (Å²) in [5.74, 6) is -0.0179. The van der Waals surface area contributed by atoms with Crippen molar-refractivity contribution in [3.8, 4) is 11.5 Å². The second-order valence-electron chi connectivity index (χ2n) is 10.6. The van der Waals surface area contributed by atoms with Crippen molar-refractivity contribution in [3.05, 3.63) is 76.9 Å². The Morgan fingerprint density at radius 2 is 1.71 bits per heavy atom. The first-order chi connectivity index (χ1) is 19.6. The molecule has 0 radical (unpaired) electrons. The highest BCUT2D eigenvalue weighted by Crippen LogP contribution is 2.26. The highest BCUT2D eigenvalue weighted by atomic mass is 19.4. The molecule has 3 heterocycles. The van der Waals surface area contributed by atoms with Crippen LogP contribution >= 0.6 is 0 Å². The number of halogens is 4. The Morgan fingerprint density at radius 1 is 1.05 bits per heavy atom. The van der Waals surface area contributed by atoms with Crippen LogP contribution < -0.4 is 15.2 Å². The quantitative estimate of drug-likeness (QED) is 0.387. The first-order valence-electron chi connectivity index (χ1n) is 13.0. The third kappa shape index (κ3) is 7.11. The first-order valence-corrected chi connectivity index (χ1v) is 13.0. The fourth-order valence-electron chi connectivity index (χ4n) is 4.73. The van der Waals surface area contributed by atoms with Gasteiger partial charge in [0.15, 0.2) is 0 Å². The summed E-state index contributed by atoms with van der Waals surface area (Å²) in [6.07, 6.45) is -1.66. The van der Waals surface area contributed by atoms with E-state index in [2.05, 4.69) is 9.97 Å². The van der Waals surface area contributed by atoms with Crippen LogP contribution in [0.3, 0.4) is 0 Å². The molecule has 1 fully saturated rings. The number of hydrogen-bond acceptors (Lipinski definition) is 7. The monoisotopic (exact) mass is 590 g/mol. The van der Waals surface area contributed by atoms with Gasteiger partial charge >= 0.3 is 6.18 Å². The van der Waals surface area contributed by atoms with Gasteiger partial charge in [-0.25, -0.2) is 14.4 Å². The van der Waals surface area contributed by atoms with E-state index in [-0.39, 0.29) is 24.0 Å². The number of pyridine rings is 1. The van der Waals surface area contributed by atoms with Crippen LogP contribution in [0.4, 0.5) is 23.4 Å². The standard InChI is InChI=1S/C28H30F4N6O4/c1-18(25(40)35(4)23-10-9-21(13-34-23)42-20-7-5-19(29)6-8-20)36-11-12-38(27(2,3)16-36)26(41)22-15-37(17-28(30,31)32)24(39)14-33-22/h5-10,13-15,18H,11-12,16-17H2,1-4H3/t18-/m0/s1. The molecule has 0 unspecified atom stereocenters. The minimum absolute atomic E-state index is 0.181. The lowest BCUT2D eigenvalue weighted by Crippen LogP contribution is -2.64. The zero-order valence-corrected chi connectivity index (χ0v) is 23.4. The van der Waals surface area contributed by atoms with Gasteiger partial charge in [0.1, 0.15) is 35.4 Å². The summed E-state index contributed by atoms with van der Waals surface area (Å²) in [6.45, 7) is 4.57. The second kappa shape index (κ2) is 11.9. The molecule has 1 aliphatic rings. The van der Waals surface area contributed by atoms with Gasteiger partial charge in [0.05, 0.1) is 24.0 Å². The van der Waals surface area contributed by atoms with E-state index in [0.29, 0.717) is 41.2 Å². The van der Waals surface area contributed by atoms with Gasteiger partial charge in [-0.2, -0.15) is 13.2 Å². The number of ether oxygens (including phenoxy) is 1. The molecule has 0 aliphatic carbocycles. The fourth-order valence-corrected chi connectivity index (χ4v) is 4.73. The predicted octanol–water partition coefficient (Wildman–Crippen LogP) is 3.72. The summed E-state index contributed by atoms with van der Waals surface area (Å²) in [5, 5.41) is 0. The average Bonchev–Trinajstić information content (AvgIpc) is 2.93. The van der Waals surface area contributed by atoms with Crippen molar-refractivity contribution in [1.82, 2.24) is 24.3 Å². The maximum Gasteiger partial charge on any atom is 0.406 e. The average molecular weight is 591 g/mol. The maximum atomic E-state index is 13.3. The Hall–Kier alpha value is -4.33. The number of likely N-dealkylation sites (N-methyl/N-ethyl adjacent to an activating group) is 1. The molecule has 0 N–H and O–H groups in total. The zero-order chi connectivity index (χ0) is 30.8. The van der Waals surface area contributed by atoms with Gasteiger partial charge in [-0.05, 0) is 57.2 Å². The summed E-state index contributed by atoms with van der Waals surface area (Å²) in [5.41, 5.74) is -2.05. The van der Waals surface area contributed by atoms with Gasteiger partial charge in [-0.15, -0.1) is 0 Å². The smallest absolute Gasteiger partial charge is 0.406 e. The number of hydrogen-bond donors (Lipinski definition) is 0. The molecule has 1 aromatic carbocycles. The maximum absolute atomic E-state index is 13.3. The van der Waals surface area contributed by atoms with E-state index >= 15 is 0 Å². The highest BCUT2D eigenvalue weighted by molar-refractivity contribution is 5.96. The number of nitrogens with zero attached hydrogens (tertiary/aromatic N) is 6. The summed E-state index contributed by atoms with van der Waals surface area (Å²) in [6, 6.07) is 8.19. The normalized spacial score (nSPS) is 16.1. The van der Waals surface area contributed by atoms with Crippen molar-refractivity contribution in [2.75, 3.05) is 31.6 Å². The van der Waals surface area contributed by atoms with E-state index in [1.807, 2.05) is 4.90 Å². The van der Waals surface area contributed by atoms with Gasteiger partial charge in [0, 0.05) is 32.9 Å². The number of aromatic nitrogens is 3. The molecule has 224 valence electrons. The molecule has 1 aliphatic heterocycles. The van der Waals surface area contributed by atoms with Gasteiger partial charge in [-0.3, -0.25) is 24.2 Å². The Kier molecular flexibility index (Phi) is 8.66. The second-order valence-corrected chi connectivity index (χ2v) is 10.6. The van der Waals surface area contributed by atoms with Gasteiger partial charge in [-0.1, -0.05) is 0 Å². The molecule has 14 heteroatoms. The highest BCUT2D eigenvalue weighted by Gasteiger charge is 2.41. The Labute approximate surface area is 239 Å². The number of alkyl halides is 3. The molecule has 2 aromatic heterocycles. The third-order valence-electron chi connectivity index (χ3n) is 6.97. The van der Waals surface area contributed by atoms with Crippen LogP contribution in [0.25, 0.3) is 0 Å². The Balaban J connectivity index is 1.40. The molecule has 0 spiro atoms. The molecular formula is C28H30F4N6O4. The van der Waals surface area contributed by atoms with E-state index in [0.717, 1.165) is 6.20 Å². The van der Waals surface area contributed by atoms with Crippen molar-refractivity contribution in [1.29, 1.82) is 0 Å². The SMILES string of the molecule is C[C@@H](C(=O)N(C)c1ccc(Oc2ccc(F)cc2)cn1)N1CCN(C(=O)c2cn(CC(F)(F)F)c(=O)cn2)C(C)(C)C1. The molecule has 1 atom stereocenters. The van der Waals surface area contributed by atoms with Crippen LogP contribution in [-0.2, 0) is 11.3 Å². The number of benzene rings is 1. The molecule has 2 amide bonds. The predicted molar refractivity (Wildman–Crippen MR) is 145 cm³/mol. The van der Waals surface area contributed by atoms with E-state index in [1.165, 1.54) is 40.3 Å². The van der Waals surface area contributed by atoms with Crippen molar-refractivity contribution >= 4 is 17.6 Å². The number of rotatable bonds is 7. The summed E-state index contributed by atoms with van der Waals surface area (Å²) >= 11 is 0. The largest absolute Gasteiger partial charge is 0.456 e. The van der Waals surface area contributed by atoms with Gasteiger partial charge in [0.25, 0.3) is 11.5 Å². The fraction of sp³-hybridized carbons (Fsp3) is 0.393. The molecule has 10 nitrogen and oxygen atoms in total. The number of carbonyl (C=O) groups excluding carboxylic acids is 2. The summed E-state index contributed by atoms with van der Waals surface area (Å²) in [7, 11) is 1.59. The molecule has 3 aromatic rings. The van der Waals surface area contributed by atoms with Crippen molar-refractivity contribution < 1.29 is 31.9 Å². The van der Waals surface area contributed by atoms with E-state index in [4.69, 9.17) is 4.74 Å². The van der Waals surface area contributed by atoms with Crippen molar-refractivity contribution in [2.24, 2.45) is 0 Å². The number of anilines is 1. The first kappa shape index (κ1) is 30.6. The van der Waals surface area contributed by atoms with E-state index in [1.54, 1.807) is 40.0 Å². The Bertz CT molecular complexity index is 1490. The molecule has 42 heavy (non-hydrogen) atoms. The number of carbonyl (C=O) groups is 2. The third-order valence-corrected chi connectivity index (χ3v) is 6.97. The van der Waals surface area contributed by atoms with Crippen LogP contribution in [0.2, 0.25) is 0 Å². The minimum atomic E-state index is -4.64. The van der Waals surface area contributed by atoms with Crippen LogP contribution in [-0.4, -0.2) is 80.6 Å². The topological polar surface area (TPSA) is 101 Å². The molecule has 4 rings (SSSR count). The lowest BCUT2D eigenvalue weighted by Gasteiger charge is -2.48. The number of piperazine rings is 1. The molecule has 0 saturated carbocycles. The summed E-state index contributed by atoms with van der Waals surface area (Å²) < 4.78 is 57.7. The van der Waals surface area contributed by atoms with Crippen molar-refractivity contribution in [3.63, 3.8) is 0 Å².